The van der Waals surface area contributed by atoms with E-state index in [9.17, 15) is 4.79 Å². The van der Waals surface area contributed by atoms with Gasteiger partial charge in [0.05, 0.1) is 18.3 Å². The van der Waals surface area contributed by atoms with Crippen molar-refractivity contribution in [2.75, 3.05) is 6.61 Å². The minimum absolute atomic E-state index is 0.342. The molecule has 0 aliphatic heterocycles. The summed E-state index contributed by atoms with van der Waals surface area (Å²) in [6.45, 7) is 6.58. The van der Waals surface area contributed by atoms with E-state index in [-0.39, 0.29) is 5.97 Å². The first kappa shape index (κ1) is 15.0. The normalized spacial score (nSPS) is 22.8. The van der Waals surface area contributed by atoms with Gasteiger partial charge in [-0.15, -0.1) is 5.10 Å². The average Bonchev–Trinajstić information content (AvgIpc) is 2.83. The van der Waals surface area contributed by atoms with Crippen LogP contribution in [0.5, 0.6) is 0 Å². The second-order valence-electron chi connectivity index (χ2n) is 5.73. The number of carbonyl (C=O) groups excluding carboxylic acids is 1. The zero-order chi connectivity index (χ0) is 14.5. The molecule has 0 aromatic carbocycles. The van der Waals surface area contributed by atoms with E-state index in [0.717, 1.165) is 37.3 Å². The van der Waals surface area contributed by atoms with Crippen molar-refractivity contribution in [2.45, 2.75) is 65.3 Å². The summed E-state index contributed by atoms with van der Waals surface area (Å²) < 4.78 is 7.07. The van der Waals surface area contributed by atoms with Gasteiger partial charge in [0.15, 0.2) is 5.69 Å². The molecule has 5 nitrogen and oxygen atoms in total. The maximum Gasteiger partial charge on any atom is 0.360 e. The summed E-state index contributed by atoms with van der Waals surface area (Å²) in [5.74, 6) is 0.379. The van der Waals surface area contributed by atoms with Crippen molar-refractivity contribution in [3.05, 3.63) is 11.4 Å². The lowest BCUT2D eigenvalue weighted by molar-refractivity contribution is 0.0518. The van der Waals surface area contributed by atoms with Gasteiger partial charge in [-0.2, -0.15) is 0 Å². The molecule has 1 heterocycles. The number of aromatic nitrogens is 3. The van der Waals surface area contributed by atoms with Crippen LogP contribution in [0, 0.1) is 5.92 Å². The van der Waals surface area contributed by atoms with Crippen molar-refractivity contribution < 1.29 is 9.53 Å². The van der Waals surface area contributed by atoms with Crippen LogP contribution in [0.1, 0.15) is 75.1 Å². The largest absolute Gasteiger partial charge is 0.461 e. The summed E-state index contributed by atoms with van der Waals surface area (Å²) in [4.78, 5) is 12.0. The molecule has 20 heavy (non-hydrogen) atoms. The number of rotatable bonds is 5. The number of hydrogen-bond acceptors (Lipinski definition) is 4. The van der Waals surface area contributed by atoms with Gasteiger partial charge in [-0.1, -0.05) is 38.3 Å². The van der Waals surface area contributed by atoms with Gasteiger partial charge in [-0.3, -0.25) is 0 Å². The van der Waals surface area contributed by atoms with Gasteiger partial charge in [0.1, 0.15) is 0 Å². The van der Waals surface area contributed by atoms with Crippen molar-refractivity contribution in [2.24, 2.45) is 5.92 Å². The summed E-state index contributed by atoms with van der Waals surface area (Å²) >= 11 is 0. The van der Waals surface area contributed by atoms with E-state index in [2.05, 4.69) is 24.2 Å². The van der Waals surface area contributed by atoms with Gasteiger partial charge in [0.25, 0.3) is 0 Å². The third kappa shape index (κ3) is 3.19. The summed E-state index contributed by atoms with van der Waals surface area (Å²) in [6.07, 6.45) is 6.58. The van der Waals surface area contributed by atoms with Gasteiger partial charge >= 0.3 is 5.97 Å². The minimum Gasteiger partial charge on any atom is -0.461 e. The highest BCUT2D eigenvalue weighted by atomic mass is 16.5. The van der Waals surface area contributed by atoms with Gasteiger partial charge in [0, 0.05) is 0 Å². The molecule has 1 aliphatic carbocycles. The molecule has 2 rings (SSSR count). The zero-order valence-electron chi connectivity index (χ0n) is 12.8. The van der Waals surface area contributed by atoms with Crippen LogP contribution < -0.4 is 0 Å². The molecule has 0 radical (unpaired) electrons. The molecular formula is C15H25N3O2. The maximum absolute atomic E-state index is 12.0. The van der Waals surface area contributed by atoms with Crippen LogP contribution in [0.3, 0.4) is 0 Å². The molecular weight excluding hydrogens is 254 g/mol. The molecule has 1 aromatic heterocycles. The zero-order valence-corrected chi connectivity index (χ0v) is 12.8. The minimum atomic E-state index is -0.342. The quantitative estimate of drug-likeness (QED) is 0.777. The van der Waals surface area contributed by atoms with Gasteiger partial charge in [-0.05, 0) is 32.1 Å². The molecule has 2 atom stereocenters. The third-order valence-corrected chi connectivity index (χ3v) is 4.00. The van der Waals surface area contributed by atoms with E-state index < -0.39 is 0 Å². The predicted molar refractivity (Wildman–Crippen MR) is 76.6 cm³/mol. The molecule has 0 amide bonds. The highest BCUT2D eigenvalue weighted by molar-refractivity contribution is 5.88. The summed E-state index contributed by atoms with van der Waals surface area (Å²) in [7, 11) is 0. The Morgan fingerprint density at radius 1 is 1.40 bits per heavy atom. The molecule has 1 aliphatic rings. The van der Waals surface area contributed by atoms with Crippen LogP contribution in [0.4, 0.5) is 0 Å². The first-order chi connectivity index (χ1) is 9.67. The van der Waals surface area contributed by atoms with E-state index in [1.807, 2.05) is 11.6 Å². The number of carbonyl (C=O) groups is 1. The summed E-state index contributed by atoms with van der Waals surface area (Å²) in [6, 6.07) is 0.385. The van der Waals surface area contributed by atoms with Gasteiger partial charge < -0.3 is 4.74 Å². The number of esters is 1. The Hall–Kier alpha value is -1.39. The first-order valence-electron chi connectivity index (χ1n) is 7.78. The fourth-order valence-electron chi connectivity index (χ4n) is 3.06. The second kappa shape index (κ2) is 6.86. The molecule has 0 saturated heterocycles. The highest BCUT2D eigenvalue weighted by Gasteiger charge is 2.27. The van der Waals surface area contributed by atoms with E-state index in [0.29, 0.717) is 18.3 Å². The smallest absolute Gasteiger partial charge is 0.360 e. The second-order valence-corrected chi connectivity index (χ2v) is 5.73. The van der Waals surface area contributed by atoms with E-state index >= 15 is 0 Å². The fourth-order valence-corrected chi connectivity index (χ4v) is 3.06. The predicted octanol–water partition coefficient (Wildman–Crippen LogP) is 3.16. The van der Waals surface area contributed by atoms with Crippen LogP contribution >= 0.6 is 0 Å². The average molecular weight is 279 g/mol. The van der Waals surface area contributed by atoms with E-state index in [1.54, 1.807) is 0 Å². The standard InChI is InChI=1S/C15H25N3O2/c1-4-7-13-14(15(19)20-5-2)16-17-18(13)12-9-6-8-11(3)10-12/h11-12H,4-10H2,1-3H3. The lowest BCUT2D eigenvalue weighted by Gasteiger charge is -2.27. The topological polar surface area (TPSA) is 57.0 Å². The van der Waals surface area contributed by atoms with Crippen molar-refractivity contribution in [3.63, 3.8) is 0 Å². The monoisotopic (exact) mass is 279 g/mol. The molecule has 112 valence electrons. The molecule has 1 aromatic rings. The first-order valence-corrected chi connectivity index (χ1v) is 7.78. The Balaban J connectivity index is 2.26. The summed E-state index contributed by atoms with van der Waals surface area (Å²) in [5, 5.41) is 8.35. The number of ether oxygens (including phenoxy) is 1. The lowest BCUT2D eigenvalue weighted by atomic mass is 9.87. The van der Waals surface area contributed by atoms with Crippen molar-refractivity contribution >= 4 is 5.97 Å². The Kier molecular flexibility index (Phi) is 5.15. The summed E-state index contributed by atoms with van der Waals surface area (Å²) in [5.41, 5.74) is 1.36. The van der Waals surface area contributed by atoms with E-state index in [1.165, 1.54) is 12.8 Å². The number of hydrogen-bond donors (Lipinski definition) is 0. The Morgan fingerprint density at radius 2 is 2.20 bits per heavy atom. The molecule has 0 bridgehead atoms. The fraction of sp³-hybridized carbons (Fsp3) is 0.800. The molecule has 0 N–H and O–H groups in total. The van der Waals surface area contributed by atoms with Crippen molar-refractivity contribution in [3.8, 4) is 0 Å². The van der Waals surface area contributed by atoms with Gasteiger partial charge in [-0.25, -0.2) is 9.48 Å². The molecule has 0 spiro atoms. The van der Waals surface area contributed by atoms with Crippen LogP contribution in [-0.2, 0) is 11.2 Å². The molecule has 1 fully saturated rings. The maximum atomic E-state index is 12.0. The van der Waals surface area contributed by atoms with Gasteiger partial charge in [0.2, 0.25) is 0 Å². The van der Waals surface area contributed by atoms with Crippen LogP contribution in [0.25, 0.3) is 0 Å². The number of nitrogens with zero attached hydrogens (tertiary/aromatic N) is 3. The van der Waals surface area contributed by atoms with Crippen LogP contribution in [0.2, 0.25) is 0 Å². The Bertz CT molecular complexity index is 456. The third-order valence-electron chi connectivity index (χ3n) is 4.00. The van der Waals surface area contributed by atoms with E-state index in [4.69, 9.17) is 4.74 Å². The Labute approximate surface area is 120 Å². The SMILES string of the molecule is CCCc1c(C(=O)OCC)nnn1C1CCCC(C)C1. The molecule has 5 heteroatoms. The van der Waals surface area contributed by atoms with Crippen molar-refractivity contribution in [1.29, 1.82) is 0 Å². The highest BCUT2D eigenvalue weighted by Crippen LogP contribution is 2.33. The molecule has 2 unspecified atom stereocenters. The lowest BCUT2D eigenvalue weighted by Crippen LogP contribution is -2.21. The van der Waals surface area contributed by atoms with Crippen LogP contribution in [-0.4, -0.2) is 27.6 Å². The molecule has 1 saturated carbocycles. The van der Waals surface area contributed by atoms with Crippen molar-refractivity contribution in [1.82, 2.24) is 15.0 Å². The van der Waals surface area contributed by atoms with Crippen LogP contribution in [0.15, 0.2) is 0 Å². The Morgan fingerprint density at radius 3 is 2.85 bits per heavy atom.